The van der Waals surface area contributed by atoms with Gasteiger partial charge >= 0.3 is 0 Å². The molecule has 1 aromatic rings. The number of aliphatic hydroxyl groups excluding tert-OH is 1. The highest BCUT2D eigenvalue weighted by Gasteiger charge is 2.08. The highest BCUT2D eigenvalue weighted by Crippen LogP contribution is 2.20. The molecule has 0 atom stereocenters. The average molecular weight is 293 g/mol. The van der Waals surface area contributed by atoms with E-state index in [0.717, 1.165) is 37.2 Å². The first kappa shape index (κ1) is 17.5. The fourth-order valence-electron chi connectivity index (χ4n) is 2.26. The number of hydrogen-bond donors (Lipinski definition) is 3. The molecule has 0 saturated heterocycles. The summed E-state index contributed by atoms with van der Waals surface area (Å²) >= 11 is 0. The zero-order valence-corrected chi connectivity index (χ0v) is 13.1. The highest BCUT2D eigenvalue weighted by molar-refractivity contribution is 5.92. The summed E-state index contributed by atoms with van der Waals surface area (Å²) in [7, 11) is 0. The number of rotatable bonds is 9. The van der Waals surface area contributed by atoms with Crippen LogP contribution in [0.25, 0.3) is 0 Å². The Balaban J connectivity index is 2.38. The summed E-state index contributed by atoms with van der Waals surface area (Å²) in [6, 6.07) is 5.52. The van der Waals surface area contributed by atoms with E-state index in [-0.39, 0.29) is 12.5 Å². The number of nitrogens with two attached hydrogens (primary N) is 1. The molecule has 5 nitrogen and oxygen atoms in total. The van der Waals surface area contributed by atoms with Crippen molar-refractivity contribution in [2.75, 3.05) is 37.3 Å². The van der Waals surface area contributed by atoms with Crippen LogP contribution in [0.3, 0.4) is 0 Å². The van der Waals surface area contributed by atoms with Gasteiger partial charge in [0.2, 0.25) is 5.91 Å². The van der Waals surface area contributed by atoms with Crippen molar-refractivity contribution >= 4 is 17.3 Å². The number of carbonyl (C=O) groups is 1. The van der Waals surface area contributed by atoms with Gasteiger partial charge in [0, 0.05) is 24.3 Å². The summed E-state index contributed by atoms with van der Waals surface area (Å²) in [5, 5.41) is 11.9. The molecule has 118 valence electrons. The molecule has 1 aromatic carbocycles. The zero-order chi connectivity index (χ0) is 15.7. The maximum absolute atomic E-state index is 12.0. The lowest BCUT2D eigenvalue weighted by molar-refractivity contribution is -0.116. The van der Waals surface area contributed by atoms with E-state index in [1.54, 1.807) is 0 Å². The van der Waals surface area contributed by atoms with Gasteiger partial charge in [0.25, 0.3) is 0 Å². The van der Waals surface area contributed by atoms with Gasteiger partial charge in [0.1, 0.15) is 0 Å². The summed E-state index contributed by atoms with van der Waals surface area (Å²) in [6.07, 6.45) is 2.31. The molecule has 1 rings (SSSR count). The molecular weight excluding hydrogens is 266 g/mol. The number of nitrogens with one attached hydrogen (secondary N) is 1. The van der Waals surface area contributed by atoms with Gasteiger partial charge in [0.15, 0.2) is 0 Å². The Bertz CT molecular complexity index is 443. The average Bonchev–Trinajstić information content (AvgIpc) is 2.44. The monoisotopic (exact) mass is 293 g/mol. The van der Waals surface area contributed by atoms with E-state index >= 15 is 0 Å². The molecule has 0 fully saturated rings. The van der Waals surface area contributed by atoms with Crippen molar-refractivity contribution in [3.63, 3.8) is 0 Å². The number of anilines is 2. The number of nitrogens with zero attached hydrogens (tertiary/aromatic N) is 1. The van der Waals surface area contributed by atoms with Crippen LogP contribution in [0.5, 0.6) is 0 Å². The van der Waals surface area contributed by atoms with Crippen LogP contribution >= 0.6 is 0 Å². The van der Waals surface area contributed by atoms with Gasteiger partial charge in [-0.25, -0.2) is 0 Å². The Labute approximate surface area is 127 Å². The second-order valence-electron chi connectivity index (χ2n) is 5.24. The first-order chi connectivity index (χ1) is 10.1. The minimum absolute atomic E-state index is 0.00384. The minimum atomic E-state index is 0.00384. The number of carbonyl (C=O) groups excluding carboxylic acids is 1. The summed E-state index contributed by atoms with van der Waals surface area (Å²) in [4.78, 5) is 14.1. The maximum Gasteiger partial charge on any atom is 0.224 e. The van der Waals surface area contributed by atoms with Crippen LogP contribution in [-0.2, 0) is 4.79 Å². The van der Waals surface area contributed by atoms with Crippen LogP contribution in [0.2, 0.25) is 0 Å². The molecule has 0 aliphatic heterocycles. The first-order valence-electron chi connectivity index (χ1n) is 7.56. The fourth-order valence-corrected chi connectivity index (χ4v) is 2.26. The molecule has 0 aromatic heterocycles. The lowest BCUT2D eigenvalue weighted by atomic mass is 10.1. The van der Waals surface area contributed by atoms with E-state index < -0.39 is 0 Å². The van der Waals surface area contributed by atoms with Crippen LogP contribution in [0, 0.1) is 6.92 Å². The van der Waals surface area contributed by atoms with Gasteiger partial charge in [-0.3, -0.25) is 4.79 Å². The number of nitrogen functional groups attached to an aromatic ring is 1. The smallest absolute Gasteiger partial charge is 0.224 e. The van der Waals surface area contributed by atoms with Crippen molar-refractivity contribution in [3.05, 3.63) is 23.8 Å². The standard InChI is InChI=1S/C16H27N3O2/c1-3-9-19(11-12-20)10-5-8-16(21)18-15-7-4-6-14(17)13(15)2/h4,6-7,20H,3,5,8-12,17H2,1-2H3,(H,18,21). The Kier molecular flexibility index (Phi) is 7.79. The molecule has 21 heavy (non-hydrogen) atoms. The Hall–Kier alpha value is -1.59. The van der Waals surface area contributed by atoms with Crippen molar-refractivity contribution in [1.29, 1.82) is 0 Å². The third-order valence-electron chi connectivity index (χ3n) is 3.48. The fraction of sp³-hybridized carbons (Fsp3) is 0.562. The molecule has 0 saturated carbocycles. The third-order valence-corrected chi connectivity index (χ3v) is 3.48. The van der Waals surface area contributed by atoms with Crippen LogP contribution in [-0.4, -0.2) is 42.2 Å². The van der Waals surface area contributed by atoms with Gasteiger partial charge in [-0.05, 0) is 50.6 Å². The Morgan fingerprint density at radius 1 is 1.33 bits per heavy atom. The predicted octanol–water partition coefficient (Wildman–Crippen LogP) is 2.00. The lowest BCUT2D eigenvalue weighted by Crippen LogP contribution is -2.29. The van der Waals surface area contributed by atoms with E-state index in [2.05, 4.69) is 17.1 Å². The summed E-state index contributed by atoms with van der Waals surface area (Å²) < 4.78 is 0. The lowest BCUT2D eigenvalue weighted by Gasteiger charge is -2.20. The topological polar surface area (TPSA) is 78.6 Å². The number of hydrogen-bond acceptors (Lipinski definition) is 4. The number of benzene rings is 1. The van der Waals surface area contributed by atoms with Crippen molar-refractivity contribution in [2.45, 2.75) is 33.1 Å². The van der Waals surface area contributed by atoms with Crippen LogP contribution in [0.4, 0.5) is 11.4 Å². The van der Waals surface area contributed by atoms with Gasteiger partial charge < -0.3 is 21.1 Å². The van der Waals surface area contributed by atoms with E-state index in [1.807, 2.05) is 25.1 Å². The summed E-state index contributed by atoms with van der Waals surface area (Å²) in [5.74, 6) is 0.00384. The molecule has 0 aliphatic rings. The molecule has 0 spiro atoms. The minimum Gasteiger partial charge on any atom is -0.398 e. The Morgan fingerprint density at radius 3 is 2.76 bits per heavy atom. The second-order valence-corrected chi connectivity index (χ2v) is 5.24. The van der Waals surface area contributed by atoms with Crippen LogP contribution < -0.4 is 11.1 Å². The van der Waals surface area contributed by atoms with E-state index in [1.165, 1.54) is 0 Å². The van der Waals surface area contributed by atoms with Crippen molar-refractivity contribution in [1.82, 2.24) is 4.90 Å². The van der Waals surface area contributed by atoms with Gasteiger partial charge in [-0.2, -0.15) is 0 Å². The summed E-state index contributed by atoms with van der Waals surface area (Å²) in [5.41, 5.74) is 8.19. The molecule has 1 amide bonds. The van der Waals surface area contributed by atoms with Crippen molar-refractivity contribution in [3.8, 4) is 0 Å². The van der Waals surface area contributed by atoms with Crippen LogP contribution in [0.1, 0.15) is 31.7 Å². The molecule has 5 heteroatoms. The largest absolute Gasteiger partial charge is 0.398 e. The van der Waals surface area contributed by atoms with E-state index in [4.69, 9.17) is 10.8 Å². The maximum atomic E-state index is 12.0. The van der Waals surface area contributed by atoms with Gasteiger partial charge in [-0.1, -0.05) is 13.0 Å². The quantitative estimate of drug-likeness (QED) is 0.609. The second kappa shape index (κ2) is 9.37. The first-order valence-corrected chi connectivity index (χ1v) is 7.56. The molecule has 0 unspecified atom stereocenters. The molecule has 0 heterocycles. The molecule has 0 radical (unpaired) electrons. The van der Waals surface area contributed by atoms with Gasteiger partial charge in [-0.15, -0.1) is 0 Å². The Morgan fingerprint density at radius 2 is 2.10 bits per heavy atom. The number of amides is 1. The van der Waals surface area contributed by atoms with Crippen molar-refractivity contribution in [2.24, 2.45) is 0 Å². The summed E-state index contributed by atoms with van der Waals surface area (Å²) in [6.45, 7) is 6.63. The molecule has 4 N–H and O–H groups in total. The number of aliphatic hydroxyl groups is 1. The zero-order valence-electron chi connectivity index (χ0n) is 13.1. The van der Waals surface area contributed by atoms with Gasteiger partial charge in [0.05, 0.1) is 6.61 Å². The highest BCUT2D eigenvalue weighted by atomic mass is 16.3. The predicted molar refractivity (Wildman–Crippen MR) is 87.3 cm³/mol. The molecular formula is C16H27N3O2. The van der Waals surface area contributed by atoms with Crippen LogP contribution in [0.15, 0.2) is 18.2 Å². The third kappa shape index (κ3) is 6.14. The normalized spacial score (nSPS) is 10.9. The molecule has 0 aliphatic carbocycles. The SMILES string of the molecule is CCCN(CCO)CCCC(=O)Nc1cccc(N)c1C. The molecule has 0 bridgehead atoms. The van der Waals surface area contributed by atoms with Crippen molar-refractivity contribution < 1.29 is 9.90 Å². The van der Waals surface area contributed by atoms with E-state index in [9.17, 15) is 4.79 Å². The van der Waals surface area contributed by atoms with E-state index in [0.29, 0.717) is 18.7 Å².